The molecule has 2 N–H and O–H groups in total. The molecule has 0 saturated carbocycles. The fourth-order valence-corrected chi connectivity index (χ4v) is 5.73. The Balaban J connectivity index is 1.49. The molecule has 1 fully saturated rings. The Bertz CT molecular complexity index is 1310. The van der Waals surface area contributed by atoms with Gasteiger partial charge in [0.25, 0.3) is 0 Å². The lowest BCUT2D eigenvalue weighted by atomic mass is 10.1. The van der Waals surface area contributed by atoms with Gasteiger partial charge in [-0.3, -0.25) is 14.7 Å². The summed E-state index contributed by atoms with van der Waals surface area (Å²) in [5, 5.41) is 10.4. The van der Waals surface area contributed by atoms with E-state index in [4.69, 9.17) is 16.7 Å². The van der Waals surface area contributed by atoms with Crippen molar-refractivity contribution in [1.82, 2.24) is 14.6 Å². The summed E-state index contributed by atoms with van der Waals surface area (Å²) >= 11 is 5.90. The van der Waals surface area contributed by atoms with E-state index in [9.17, 15) is 13.2 Å². The maximum Gasteiger partial charge on any atom is 0.303 e. The van der Waals surface area contributed by atoms with Crippen molar-refractivity contribution >= 4 is 38.5 Å². The van der Waals surface area contributed by atoms with E-state index < -0.39 is 16.0 Å². The van der Waals surface area contributed by atoms with Gasteiger partial charge in [0.15, 0.2) is 0 Å². The van der Waals surface area contributed by atoms with Gasteiger partial charge in [0.05, 0.1) is 10.4 Å². The van der Waals surface area contributed by atoms with Crippen molar-refractivity contribution in [2.45, 2.75) is 49.2 Å². The summed E-state index contributed by atoms with van der Waals surface area (Å²) in [6.45, 7) is 1.17. The molecule has 4 rings (SSSR count). The molecule has 2 atom stereocenters. The Kier molecular flexibility index (Phi) is 8.18. The maximum atomic E-state index is 12.9. The van der Waals surface area contributed by atoms with Crippen molar-refractivity contribution in [3.05, 3.63) is 83.5 Å². The Hall–Kier alpha value is -2.78. The molecule has 1 aromatic heterocycles. The van der Waals surface area contributed by atoms with Crippen LogP contribution in [0.1, 0.15) is 31.2 Å². The Labute approximate surface area is 210 Å². The molecule has 7 nitrogen and oxygen atoms in total. The molecule has 0 aliphatic carbocycles. The number of unbranched alkanes of at least 4 members (excludes halogenated alkanes) is 1. The average molecular weight is 514 g/mol. The van der Waals surface area contributed by atoms with Crippen LogP contribution < -0.4 is 4.72 Å². The maximum absolute atomic E-state index is 12.9. The van der Waals surface area contributed by atoms with Crippen molar-refractivity contribution in [3.63, 3.8) is 0 Å². The lowest BCUT2D eigenvalue weighted by Gasteiger charge is -2.22. The smallest absolute Gasteiger partial charge is 0.303 e. The van der Waals surface area contributed by atoms with Gasteiger partial charge in [-0.1, -0.05) is 42.0 Å². The van der Waals surface area contributed by atoms with Crippen molar-refractivity contribution in [1.29, 1.82) is 0 Å². The van der Waals surface area contributed by atoms with E-state index in [0.29, 0.717) is 37.4 Å². The molecule has 1 saturated heterocycles. The quantitative estimate of drug-likeness (QED) is 0.303. The minimum absolute atomic E-state index is 0.0178. The largest absolute Gasteiger partial charge is 0.481 e. The molecule has 0 radical (unpaired) electrons. The summed E-state index contributed by atoms with van der Waals surface area (Å²) in [7, 11) is -3.68. The number of sulfonamides is 1. The van der Waals surface area contributed by atoms with Crippen LogP contribution in [0.2, 0.25) is 5.02 Å². The van der Waals surface area contributed by atoms with Crippen molar-refractivity contribution in [2.24, 2.45) is 0 Å². The third-order valence-electron chi connectivity index (χ3n) is 6.05. The van der Waals surface area contributed by atoms with Gasteiger partial charge in [-0.25, -0.2) is 13.1 Å². The number of benzene rings is 2. The van der Waals surface area contributed by atoms with E-state index in [2.05, 4.69) is 26.7 Å². The van der Waals surface area contributed by atoms with Gasteiger partial charge in [-0.05, 0) is 61.2 Å². The molecular weight excluding hydrogens is 486 g/mol. The number of allylic oxidation sites excluding steroid dienone is 1. The SMILES string of the molecule is O=C(O)CCC/C=C\[C@@H]1C[C@@H](NS(=O)(=O)c2ccc(Cl)cc2)CN1Cc1cnc2ccccc2c1. The summed E-state index contributed by atoms with van der Waals surface area (Å²) in [5.41, 5.74) is 1.98. The molecule has 3 aromatic rings. The first kappa shape index (κ1) is 25.3. The lowest BCUT2D eigenvalue weighted by Crippen LogP contribution is -2.37. The Morgan fingerprint density at radius 2 is 1.97 bits per heavy atom. The van der Waals surface area contributed by atoms with Gasteiger partial charge in [0.2, 0.25) is 10.0 Å². The first-order valence-corrected chi connectivity index (χ1v) is 13.4. The van der Waals surface area contributed by atoms with Crippen LogP contribution in [0.25, 0.3) is 10.9 Å². The summed E-state index contributed by atoms with van der Waals surface area (Å²) in [4.78, 5) is 17.7. The van der Waals surface area contributed by atoms with Crippen LogP contribution in [0.3, 0.4) is 0 Å². The third kappa shape index (κ3) is 6.89. The van der Waals surface area contributed by atoms with Crippen LogP contribution >= 0.6 is 11.6 Å². The van der Waals surface area contributed by atoms with Gasteiger partial charge in [-0.15, -0.1) is 0 Å². The summed E-state index contributed by atoms with van der Waals surface area (Å²) in [5.74, 6) is -0.804. The molecule has 35 heavy (non-hydrogen) atoms. The number of halogens is 1. The van der Waals surface area contributed by atoms with Crippen LogP contribution in [-0.2, 0) is 21.4 Å². The third-order valence-corrected chi connectivity index (χ3v) is 7.84. The summed E-state index contributed by atoms with van der Waals surface area (Å²) < 4.78 is 28.7. The van der Waals surface area contributed by atoms with E-state index in [-0.39, 0.29) is 23.4 Å². The second kappa shape index (κ2) is 11.3. The number of nitrogens with one attached hydrogen (secondary N) is 1. The molecule has 9 heteroatoms. The molecular formula is C26H28ClN3O4S. The van der Waals surface area contributed by atoms with E-state index in [1.807, 2.05) is 36.5 Å². The highest BCUT2D eigenvalue weighted by Gasteiger charge is 2.33. The van der Waals surface area contributed by atoms with Crippen LogP contribution in [0.15, 0.2) is 77.8 Å². The molecule has 1 aliphatic rings. The number of hydrogen-bond donors (Lipinski definition) is 2. The van der Waals surface area contributed by atoms with Gasteiger partial charge in [-0.2, -0.15) is 0 Å². The number of carboxylic acid groups (broad SMARTS) is 1. The average Bonchev–Trinajstić information content (AvgIpc) is 3.18. The zero-order valence-electron chi connectivity index (χ0n) is 19.2. The van der Waals surface area contributed by atoms with Gasteiger partial charge in [0.1, 0.15) is 0 Å². The predicted octanol–water partition coefficient (Wildman–Crippen LogP) is 4.62. The Morgan fingerprint density at radius 1 is 1.20 bits per heavy atom. The van der Waals surface area contributed by atoms with E-state index in [1.165, 1.54) is 12.1 Å². The first-order valence-electron chi connectivity index (χ1n) is 11.5. The summed E-state index contributed by atoms with van der Waals surface area (Å²) in [6.07, 6.45) is 7.90. The predicted molar refractivity (Wildman–Crippen MR) is 137 cm³/mol. The number of aromatic nitrogens is 1. The van der Waals surface area contributed by atoms with E-state index in [0.717, 1.165) is 16.5 Å². The van der Waals surface area contributed by atoms with Gasteiger partial charge < -0.3 is 5.11 Å². The number of rotatable bonds is 10. The molecule has 0 amide bonds. The number of carbonyl (C=O) groups is 1. The number of carboxylic acids is 1. The number of likely N-dealkylation sites (tertiary alicyclic amines) is 1. The first-order chi connectivity index (χ1) is 16.8. The number of para-hydroxylation sites is 1. The standard InChI is InChI=1S/C26H28ClN3O4S/c27-21-10-12-24(13-11-21)35(33,34)29-22-15-23(7-2-1-3-9-26(31)32)30(18-22)17-19-14-20-6-4-5-8-25(20)28-16-19/h2,4-8,10-14,16,22-23,29H,1,3,9,15,17-18H2,(H,31,32)/b7-2-/t22-,23-/m1/s1. The van der Waals surface area contributed by atoms with E-state index >= 15 is 0 Å². The minimum Gasteiger partial charge on any atom is -0.481 e. The van der Waals surface area contributed by atoms with E-state index in [1.54, 1.807) is 12.1 Å². The number of nitrogens with zero attached hydrogens (tertiary/aromatic N) is 2. The molecule has 0 spiro atoms. The van der Waals surface area contributed by atoms with Crippen LogP contribution in [-0.4, -0.2) is 48.0 Å². The molecule has 2 aromatic carbocycles. The van der Waals surface area contributed by atoms with Crippen molar-refractivity contribution in [2.75, 3.05) is 6.54 Å². The normalized spacial score (nSPS) is 19.0. The highest BCUT2D eigenvalue weighted by atomic mass is 35.5. The summed E-state index contributed by atoms with van der Waals surface area (Å²) in [6, 6.07) is 15.9. The number of pyridine rings is 1. The zero-order valence-corrected chi connectivity index (χ0v) is 20.8. The zero-order chi connectivity index (χ0) is 24.8. The second-order valence-corrected chi connectivity index (χ2v) is 10.9. The molecule has 0 bridgehead atoms. The van der Waals surface area contributed by atoms with Crippen LogP contribution in [0.4, 0.5) is 0 Å². The molecule has 0 unspecified atom stereocenters. The fraction of sp³-hybridized carbons (Fsp3) is 0.308. The van der Waals surface area contributed by atoms with Crippen LogP contribution in [0, 0.1) is 0 Å². The fourth-order valence-electron chi connectivity index (χ4n) is 4.36. The molecule has 184 valence electrons. The van der Waals surface area contributed by atoms with Crippen LogP contribution in [0.5, 0.6) is 0 Å². The second-order valence-electron chi connectivity index (χ2n) is 8.76. The number of aliphatic carboxylic acids is 1. The highest BCUT2D eigenvalue weighted by molar-refractivity contribution is 7.89. The van der Waals surface area contributed by atoms with Gasteiger partial charge in [0, 0.05) is 48.2 Å². The van der Waals surface area contributed by atoms with Gasteiger partial charge >= 0.3 is 5.97 Å². The van der Waals surface area contributed by atoms with Crippen molar-refractivity contribution < 1.29 is 18.3 Å². The monoisotopic (exact) mass is 513 g/mol. The molecule has 2 heterocycles. The lowest BCUT2D eigenvalue weighted by molar-refractivity contribution is -0.137. The Morgan fingerprint density at radius 3 is 2.74 bits per heavy atom. The number of hydrogen-bond acceptors (Lipinski definition) is 5. The number of fused-ring (bicyclic) bond motifs is 1. The highest BCUT2D eigenvalue weighted by Crippen LogP contribution is 2.25. The minimum atomic E-state index is -3.68. The topological polar surface area (TPSA) is 99.6 Å². The molecule has 1 aliphatic heterocycles. The van der Waals surface area contributed by atoms with Crippen molar-refractivity contribution in [3.8, 4) is 0 Å².